The first kappa shape index (κ1) is 16.6. The van der Waals surface area contributed by atoms with Gasteiger partial charge in [0.25, 0.3) is 0 Å². The maximum absolute atomic E-state index is 11.3. The van der Waals surface area contributed by atoms with E-state index < -0.39 is 5.97 Å². The standard InChI is InChI=1S/C17H25NO4/c1-3-10-22-15-8-7-13(11-16(15)21-4-2)12-18-9-5-6-14(18)17(19)20/h7-8,11,14H,3-6,9-10,12H2,1-2H3,(H,19,20)/t14-/m0/s1. The van der Waals surface area contributed by atoms with Crippen molar-refractivity contribution in [1.29, 1.82) is 0 Å². The Labute approximate surface area is 131 Å². The van der Waals surface area contributed by atoms with Crippen molar-refractivity contribution in [3.63, 3.8) is 0 Å². The average molecular weight is 307 g/mol. The Hall–Kier alpha value is -1.75. The Bertz CT molecular complexity index is 503. The second-order valence-corrected chi connectivity index (χ2v) is 5.53. The minimum absolute atomic E-state index is 0.369. The number of benzene rings is 1. The number of hydrogen-bond acceptors (Lipinski definition) is 4. The molecule has 0 amide bonds. The summed E-state index contributed by atoms with van der Waals surface area (Å²) in [6.07, 6.45) is 2.61. The number of aliphatic carboxylic acids is 1. The van der Waals surface area contributed by atoms with E-state index in [0.29, 0.717) is 19.8 Å². The second-order valence-electron chi connectivity index (χ2n) is 5.53. The van der Waals surface area contributed by atoms with Gasteiger partial charge >= 0.3 is 5.97 Å². The third-order valence-corrected chi connectivity index (χ3v) is 3.80. The Morgan fingerprint density at radius 1 is 1.32 bits per heavy atom. The number of carbonyl (C=O) groups is 1. The first-order chi connectivity index (χ1) is 10.7. The number of likely N-dealkylation sites (tertiary alicyclic amines) is 1. The van der Waals surface area contributed by atoms with E-state index in [0.717, 1.165) is 42.9 Å². The molecule has 1 N–H and O–H groups in total. The van der Waals surface area contributed by atoms with E-state index in [1.165, 1.54) is 0 Å². The van der Waals surface area contributed by atoms with E-state index >= 15 is 0 Å². The fraction of sp³-hybridized carbons (Fsp3) is 0.588. The van der Waals surface area contributed by atoms with Crippen molar-refractivity contribution in [2.45, 2.75) is 45.7 Å². The van der Waals surface area contributed by atoms with Gasteiger partial charge in [-0.15, -0.1) is 0 Å². The maximum Gasteiger partial charge on any atom is 0.320 e. The van der Waals surface area contributed by atoms with Crippen molar-refractivity contribution in [3.05, 3.63) is 23.8 Å². The molecule has 1 atom stereocenters. The van der Waals surface area contributed by atoms with Crippen LogP contribution in [0.25, 0.3) is 0 Å². The third kappa shape index (κ3) is 4.13. The monoisotopic (exact) mass is 307 g/mol. The molecule has 1 aromatic carbocycles. The number of hydrogen-bond donors (Lipinski definition) is 1. The molecule has 0 unspecified atom stereocenters. The van der Waals surface area contributed by atoms with Gasteiger partial charge in [-0.25, -0.2) is 0 Å². The van der Waals surface area contributed by atoms with Crippen LogP contribution in [0.15, 0.2) is 18.2 Å². The Morgan fingerprint density at radius 2 is 2.14 bits per heavy atom. The second kappa shape index (κ2) is 8.03. The SMILES string of the molecule is CCCOc1ccc(CN2CCC[C@H]2C(=O)O)cc1OCC. The number of nitrogens with zero attached hydrogens (tertiary/aromatic N) is 1. The highest BCUT2D eigenvalue weighted by atomic mass is 16.5. The molecular weight excluding hydrogens is 282 g/mol. The number of carboxylic acid groups (broad SMARTS) is 1. The van der Waals surface area contributed by atoms with Crippen molar-refractivity contribution < 1.29 is 19.4 Å². The molecule has 122 valence electrons. The molecule has 0 saturated carbocycles. The van der Waals surface area contributed by atoms with Gasteiger partial charge in [-0.2, -0.15) is 0 Å². The van der Waals surface area contributed by atoms with Crippen molar-refractivity contribution in [2.75, 3.05) is 19.8 Å². The van der Waals surface area contributed by atoms with Gasteiger partial charge in [-0.05, 0) is 50.4 Å². The van der Waals surface area contributed by atoms with Crippen LogP contribution in [0.3, 0.4) is 0 Å². The zero-order valence-corrected chi connectivity index (χ0v) is 13.4. The summed E-state index contributed by atoms with van der Waals surface area (Å²) in [4.78, 5) is 13.3. The van der Waals surface area contributed by atoms with Crippen molar-refractivity contribution >= 4 is 5.97 Å². The van der Waals surface area contributed by atoms with Crippen LogP contribution < -0.4 is 9.47 Å². The zero-order chi connectivity index (χ0) is 15.9. The first-order valence-corrected chi connectivity index (χ1v) is 8.01. The van der Waals surface area contributed by atoms with E-state index in [2.05, 4.69) is 6.92 Å². The predicted molar refractivity (Wildman–Crippen MR) is 84.5 cm³/mol. The van der Waals surface area contributed by atoms with E-state index in [9.17, 15) is 9.90 Å². The maximum atomic E-state index is 11.3. The van der Waals surface area contributed by atoms with Crippen LogP contribution in [-0.4, -0.2) is 41.8 Å². The van der Waals surface area contributed by atoms with Crippen LogP contribution in [-0.2, 0) is 11.3 Å². The molecule has 1 aliphatic heterocycles. The lowest BCUT2D eigenvalue weighted by atomic mass is 10.1. The lowest BCUT2D eigenvalue weighted by Crippen LogP contribution is -2.35. The average Bonchev–Trinajstić information content (AvgIpc) is 2.95. The van der Waals surface area contributed by atoms with Gasteiger partial charge in [0.15, 0.2) is 11.5 Å². The highest BCUT2D eigenvalue weighted by Gasteiger charge is 2.30. The molecule has 0 radical (unpaired) electrons. The molecule has 1 aliphatic rings. The molecule has 5 heteroatoms. The van der Waals surface area contributed by atoms with Gasteiger partial charge in [0.05, 0.1) is 13.2 Å². The van der Waals surface area contributed by atoms with Gasteiger partial charge in [0.2, 0.25) is 0 Å². The number of carboxylic acids is 1. The lowest BCUT2D eigenvalue weighted by Gasteiger charge is -2.21. The van der Waals surface area contributed by atoms with E-state index in [4.69, 9.17) is 9.47 Å². The number of ether oxygens (including phenoxy) is 2. The van der Waals surface area contributed by atoms with Gasteiger partial charge < -0.3 is 14.6 Å². The minimum atomic E-state index is -0.731. The highest BCUT2D eigenvalue weighted by Crippen LogP contribution is 2.30. The third-order valence-electron chi connectivity index (χ3n) is 3.80. The van der Waals surface area contributed by atoms with Crippen LogP contribution in [0.1, 0.15) is 38.7 Å². The summed E-state index contributed by atoms with van der Waals surface area (Å²) in [5.41, 5.74) is 1.06. The van der Waals surface area contributed by atoms with Crippen molar-refractivity contribution in [3.8, 4) is 11.5 Å². The summed E-state index contributed by atoms with van der Waals surface area (Å²) in [6, 6.07) is 5.50. The summed E-state index contributed by atoms with van der Waals surface area (Å²) in [5, 5.41) is 9.26. The molecular formula is C17H25NO4. The van der Waals surface area contributed by atoms with E-state index in [-0.39, 0.29) is 6.04 Å². The van der Waals surface area contributed by atoms with Gasteiger partial charge in [-0.1, -0.05) is 13.0 Å². The summed E-state index contributed by atoms with van der Waals surface area (Å²) in [5.74, 6) is 0.758. The van der Waals surface area contributed by atoms with Gasteiger partial charge in [0, 0.05) is 6.54 Å². The molecule has 0 bridgehead atoms. The summed E-state index contributed by atoms with van der Waals surface area (Å²) < 4.78 is 11.3. The molecule has 1 aromatic rings. The van der Waals surface area contributed by atoms with E-state index in [1.807, 2.05) is 30.0 Å². The Balaban J connectivity index is 2.10. The molecule has 0 aliphatic carbocycles. The molecule has 0 spiro atoms. The van der Waals surface area contributed by atoms with Crippen LogP contribution in [0, 0.1) is 0 Å². The molecule has 1 heterocycles. The molecule has 0 aromatic heterocycles. The zero-order valence-electron chi connectivity index (χ0n) is 13.4. The molecule has 22 heavy (non-hydrogen) atoms. The van der Waals surface area contributed by atoms with Gasteiger partial charge in [0.1, 0.15) is 6.04 Å². The summed E-state index contributed by atoms with van der Waals surface area (Å²) >= 11 is 0. The van der Waals surface area contributed by atoms with Crippen molar-refractivity contribution in [1.82, 2.24) is 4.90 Å². The first-order valence-electron chi connectivity index (χ1n) is 8.01. The Kier molecular flexibility index (Phi) is 6.07. The smallest absolute Gasteiger partial charge is 0.320 e. The van der Waals surface area contributed by atoms with E-state index in [1.54, 1.807) is 0 Å². The summed E-state index contributed by atoms with van der Waals surface area (Å²) in [6.45, 7) is 6.70. The molecule has 2 rings (SSSR count). The highest BCUT2D eigenvalue weighted by molar-refractivity contribution is 5.73. The summed E-state index contributed by atoms with van der Waals surface area (Å²) in [7, 11) is 0. The van der Waals surface area contributed by atoms with Gasteiger partial charge in [-0.3, -0.25) is 9.69 Å². The quantitative estimate of drug-likeness (QED) is 0.800. The predicted octanol–water partition coefficient (Wildman–Crippen LogP) is 2.92. The number of rotatable bonds is 8. The Morgan fingerprint density at radius 3 is 2.82 bits per heavy atom. The van der Waals surface area contributed by atoms with Crippen LogP contribution in [0.4, 0.5) is 0 Å². The normalized spacial score (nSPS) is 18.4. The minimum Gasteiger partial charge on any atom is -0.490 e. The van der Waals surface area contributed by atoms with Crippen LogP contribution in [0.5, 0.6) is 11.5 Å². The largest absolute Gasteiger partial charge is 0.490 e. The molecule has 5 nitrogen and oxygen atoms in total. The molecule has 1 saturated heterocycles. The van der Waals surface area contributed by atoms with Crippen LogP contribution in [0.2, 0.25) is 0 Å². The lowest BCUT2D eigenvalue weighted by molar-refractivity contribution is -0.142. The fourth-order valence-corrected chi connectivity index (χ4v) is 2.78. The molecule has 1 fully saturated rings. The fourth-order valence-electron chi connectivity index (χ4n) is 2.78. The van der Waals surface area contributed by atoms with Crippen molar-refractivity contribution in [2.24, 2.45) is 0 Å². The topological polar surface area (TPSA) is 59.0 Å². The van der Waals surface area contributed by atoms with Crippen LogP contribution >= 0.6 is 0 Å².